The van der Waals surface area contributed by atoms with Gasteiger partial charge in [0, 0.05) is 17.4 Å². The van der Waals surface area contributed by atoms with Crippen LogP contribution in [0.2, 0.25) is 0 Å². The number of hydrogen-bond donors (Lipinski definition) is 2. The summed E-state index contributed by atoms with van der Waals surface area (Å²) in [6, 6.07) is 0. The molecule has 0 unspecified atom stereocenters. The van der Waals surface area contributed by atoms with Crippen LogP contribution in [0, 0.1) is 51.2 Å². The van der Waals surface area contributed by atoms with Crippen molar-refractivity contribution in [2.45, 2.75) is 106 Å². The average molecular weight is 443 g/mol. The van der Waals surface area contributed by atoms with Crippen molar-refractivity contribution in [1.29, 1.82) is 0 Å². The lowest BCUT2D eigenvalue weighted by Gasteiger charge is -2.70. The zero-order valence-electron chi connectivity index (χ0n) is 22.0. The number of fused-ring (bicyclic) bond motifs is 5. The molecule has 0 radical (unpaired) electrons. The molecule has 0 spiro atoms. The molecule has 0 aromatic heterocycles. The maximum atomic E-state index is 11.4. The molecule has 0 heterocycles. The Balaban J connectivity index is 1.85. The first-order valence-electron chi connectivity index (χ1n) is 13.6. The quantitative estimate of drug-likeness (QED) is 0.453. The summed E-state index contributed by atoms with van der Waals surface area (Å²) in [6.45, 7) is 21.5. The summed E-state index contributed by atoms with van der Waals surface area (Å²) >= 11 is 0. The van der Waals surface area contributed by atoms with Gasteiger partial charge in [-0.1, -0.05) is 65.3 Å². The number of aliphatic hydroxyl groups is 2. The van der Waals surface area contributed by atoms with Gasteiger partial charge in [-0.25, -0.2) is 0 Å². The van der Waals surface area contributed by atoms with Gasteiger partial charge >= 0.3 is 0 Å². The number of allylic oxidation sites excluding steroid dienone is 3. The summed E-state index contributed by atoms with van der Waals surface area (Å²) in [5.74, 6) is 2.71. The standard InChI is InChI=1S/C30H50O2/c1-9-25(32)29(8)22(19(2)3)13-14-28(7)24(29)11-10-23-26-21(5)20(4)12-15-30(26,18-31)17-16-27(23,28)6/h10,20-22,24-26,31-32H,2,9,11-18H2,1,3-8H3/t20-,21+,22+,24+,25+,26+,27-,28-,29+,30-/m1/s1. The normalized spacial score (nSPS) is 51.7. The van der Waals surface area contributed by atoms with E-state index in [4.69, 9.17) is 0 Å². The zero-order chi connectivity index (χ0) is 23.7. The van der Waals surface area contributed by atoms with Crippen molar-refractivity contribution >= 4 is 0 Å². The van der Waals surface area contributed by atoms with Crippen LogP contribution in [0.4, 0.5) is 0 Å². The summed E-state index contributed by atoms with van der Waals surface area (Å²) in [5.41, 5.74) is 3.21. The predicted molar refractivity (Wildman–Crippen MR) is 134 cm³/mol. The lowest BCUT2D eigenvalue weighted by Crippen LogP contribution is -2.64. The number of hydrogen-bond acceptors (Lipinski definition) is 2. The minimum absolute atomic E-state index is 0.0849. The van der Waals surface area contributed by atoms with Crippen molar-refractivity contribution in [2.24, 2.45) is 51.2 Å². The lowest BCUT2D eigenvalue weighted by molar-refractivity contribution is -0.178. The van der Waals surface area contributed by atoms with Crippen molar-refractivity contribution < 1.29 is 10.2 Å². The van der Waals surface area contributed by atoms with Crippen LogP contribution in [-0.4, -0.2) is 22.9 Å². The monoisotopic (exact) mass is 442 g/mol. The van der Waals surface area contributed by atoms with Crippen LogP contribution in [0.5, 0.6) is 0 Å². The Morgan fingerprint density at radius 3 is 2.41 bits per heavy atom. The van der Waals surface area contributed by atoms with E-state index in [1.165, 1.54) is 31.3 Å². The average Bonchev–Trinajstić information content (AvgIpc) is 2.76. The molecule has 0 saturated heterocycles. The fourth-order valence-electron chi connectivity index (χ4n) is 9.88. The molecular weight excluding hydrogens is 392 g/mol. The highest BCUT2D eigenvalue weighted by atomic mass is 16.3. The summed E-state index contributed by atoms with van der Waals surface area (Å²) in [6.07, 6.45) is 11.3. The lowest BCUT2D eigenvalue weighted by atomic mass is 9.35. The van der Waals surface area contributed by atoms with E-state index in [0.717, 1.165) is 31.6 Å². The Morgan fingerprint density at radius 2 is 1.81 bits per heavy atom. The second kappa shape index (κ2) is 7.98. The Labute approximate surface area is 198 Å². The van der Waals surface area contributed by atoms with Gasteiger partial charge in [-0.05, 0) is 98.7 Å². The molecule has 2 nitrogen and oxygen atoms in total. The van der Waals surface area contributed by atoms with E-state index in [-0.39, 0.29) is 27.8 Å². The molecular formula is C30H50O2. The number of aliphatic hydroxyl groups excluding tert-OH is 2. The molecule has 0 aromatic carbocycles. The van der Waals surface area contributed by atoms with Crippen LogP contribution in [0.15, 0.2) is 23.8 Å². The van der Waals surface area contributed by atoms with E-state index in [1.54, 1.807) is 5.57 Å². The maximum Gasteiger partial charge on any atom is 0.0599 e. The van der Waals surface area contributed by atoms with Gasteiger partial charge in [-0.15, -0.1) is 0 Å². The Kier molecular flexibility index (Phi) is 6.11. The predicted octanol–water partition coefficient (Wildman–Crippen LogP) is 7.16. The molecule has 0 aliphatic heterocycles. The Bertz CT molecular complexity index is 784. The smallest absolute Gasteiger partial charge is 0.0599 e. The molecule has 32 heavy (non-hydrogen) atoms. The van der Waals surface area contributed by atoms with Gasteiger partial charge in [-0.2, -0.15) is 0 Å². The van der Waals surface area contributed by atoms with Crippen LogP contribution in [0.25, 0.3) is 0 Å². The summed E-state index contributed by atoms with van der Waals surface area (Å²) in [4.78, 5) is 0. The van der Waals surface area contributed by atoms with Gasteiger partial charge in [0.15, 0.2) is 0 Å². The van der Waals surface area contributed by atoms with Crippen molar-refractivity contribution in [3.05, 3.63) is 23.8 Å². The van der Waals surface area contributed by atoms with Crippen LogP contribution in [0.1, 0.15) is 99.8 Å². The van der Waals surface area contributed by atoms with Crippen LogP contribution < -0.4 is 0 Å². The third-order valence-electron chi connectivity index (χ3n) is 12.3. The summed E-state index contributed by atoms with van der Waals surface area (Å²) in [7, 11) is 0. The molecule has 10 atom stereocenters. The molecule has 182 valence electrons. The fraction of sp³-hybridized carbons (Fsp3) is 0.867. The molecule has 4 rings (SSSR count). The van der Waals surface area contributed by atoms with Gasteiger partial charge < -0.3 is 10.2 Å². The van der Waals surface area contributed by atoms with Crippen molar-refractivity contribution in [1.82, 2.24) is 0 Å². The Morgan fingerprint density at radius 1 is 1.12 bits per heavy atom. The van der Waals surface area contributed by atoms with E-state index < -0.39 is 0 Å². The van der Waals surface area contributed by atoms with Gasteiger partial charge in [0.25, 0.3) is 0 Å². The molecule has 3 saturated carbocycles. The van der Waals surface area contributed by atoms with E-state index in [2.05, 4.69) is 61.1 Å². The van der Waals surface area contributed by atoms with Crippen molar-refractivity contribution in [3.8, 4) is 0 Å². The first kappa shape index (κ1) is 24.5. The molecule has 4 aliphatic rings. The largest absolute Gasteiger partial charge is 0.396 e. The van der Waals surface area contributed by atoms with Gasteiger partial charge in [0.05, 0.1) is 6.10 Å². The van der Waals surface area contributed by atoms with E-state index in [1.807, 2.05) is 0 Å². The molecule has 0 bridgehead atoms. The highest BCUT2D eigenvalue weighted by Crippen LogP contribution is 2.74. The molecule has 4 aliphatic carbocycles. The van der Waals surface area contributed by atoms with Gasteiger partial charge in [0.1, 0.15) is 0 Å². The van der Waals surface area contributed by atoms with E-state index >= 15 is 0 Å². The molecule has 3 fully saturated rings. The van der Waals surface area contributed by atoms with Crippen LogP contribution >= 0.6 is 0 Å². The summed E-state index contributed by atoms with van der Waals surface area (Å²) in [5, 5.41) is 22.1. The minimum atomic E-state index is -0.291. The van der Waals surface area contributed by atoms with Crippen LogP contribution in [-0.2, 0) is 0 Å². The molecule has 0 aromatic rings. The molecule has 0 amide bonds. The number of rotatable bonds is 4. The van der Waals surface area contributed by atoms with Crippen LogP contribution in [0.3, 0.4) is 0 Å². The van der Waals surface area contributed by atoms with E-state index in [9.17, 15) is 10.2 Å². The second-order valence-corrected chi connectivity index (χ2v) is 13.3. The highest BCUT2D eigenvalue weighted by Gasteiger charge is 2.67. The first-order valence-corrected chi connectivity index (χ1v) is 13.6. The molecule has 2 N–H and O–H groups in total. The maximum absolute atomic E-state index is 11.4. The van der Waals surface area contributed by atoms with Gasteiger partial charge in [-0.3, -0.25) is 0 Å². The first-order chi connectivity index (χ1) is 14.9. The third-order valence-corrected chi connectivity index (χ3v) is 12.3. The zero-order valence-corrected chi connectivity index (χ0v) is 22.0. The third kappa shape index (κ3) is 2.97. The topological polar surface area (TPSA) is 40.5 Å². The summed E-state index contributed by atoms with van der Waals surface area (Å²) < 4.78 is 0. The van der Waals surface area contributed by atoms with Gasteiger partial charge in [0.2, 0.25) is 0 Å². The SMILES string of the molecule is C=C(C)[C@@H]1CC[C@]2(C)[C@H](CC=C3[C@@H]4[C@@H](C)[C@H](C)CC[C@]4(CO)CC[C@]32C)[C@@]1(C)[C@@H](O)CC. The Hall–Kier alpha value is -0.600. The van der Waals surface area contributed by atoms with Crippen molar-refractivity contribution in [3.63, 3.8) is 0 Å². The highest BCUT2D eigenvalue weighted by molar-refractivity contribution is 5.34. The van der Waals surface area contributed by atoms with E-state index in [0.29, 0.717) is 30.3 Å². The van der Waals surface area contributed by atoms with Crippen molar-refractivity contribution in [2.75, 3.05) is 6.61 Å². The minimum Gasteiger partial charge on any atom is -0.396 e. The molecule has 2 heteroatoms. The second-order valence-electron chi connectivity index (χ2n) is 13.3. The fourth-order valence-corrected chi connectivity index (χ4v) is 9.88.